The second-order valence-electron chi connectivity index (χ2n) is 4.93. The molecule has 2 N–H and O–H groups in total. The summed E-state index contributed by atoms with van der Waals surface area (Å²) >= 11 is 0. The summed E-state index contributed by atoms with van der Waals surface area (Å²) in [5, 5.41) is 2.26. The Morgan fingerprint density at radius 3 is 2.81 bits per heavy atom. The fourth-order valence-corrected chi connectivity index (χ4v) is 2.43. The molecule has 0 aromatic heterocycles. The Morgan fingerprint density at radius 1 is 1.05 bits per heavy atom. The minimum atomic E-state index is 0.324. The smallest absolute Gasteiger partial charge is 0.231 e. The summed E-state index contributed by atoms with van der Waals surface area (Å²) in [5.74, 6) is 2.65. The highest BCUT2D eigenvalue weighted by molar-refractivity contribution is 5.44. The van der Waals surface area contributed by atoms with Crippen molar-refractivity contribution in [2.45, 2.75) is 20.0 Å². The number of benzene rings is 2. The molecule has 0 saturated carbocycles. The van der Waals surface area contributed by atoms with Crippen LogP contribution in [0.5, 0.6) is 17.2 Å². The zero-order valence-corrected chi connectivity index (χ0v) is 12.2. The number of quaternary nitrogens is 1. The highest BCUT2D eigenvalue weighted by Crippen LogP contribution is 2.32. The number of fused-ring (bicyclic) bond motifs is 1. The Balaban J connectivity index is 1.59. The van der Waals surface area contributed by atoms with Gasteiger partial charge >= 0.3 is 0 Å². The highest BCUT2D eigenvalue weighted by Gasteiger charge is 2.13. The van der Waals surface area contributed by atoms with E-state index in [4.69, 9.17) is 14.2 Å². The number of rotatable bonds is 6. The van der Waals surface area contributed by atoms with Gasteiger partial charge in [0.2, 0.25) is 6.79 Å². The predicted octanol–water partition coefficient (Wildman–Crippen LogP) is 2.08. The SMILES string of the molecule is CCOc1ccccc1C[NH2+]Cc1ccc2c(c1)OCO2. The zero-order chi connectivity index (χ0) is 14.5. The van der Waals surface area contributed by atoms with Gasteiger partial charge in [-0.3, -0.25) is 0 Å². The average Bonchev–Trinajstić information content (AvgIpc) is 2.97. The third-order valence-corrected chi connectivity index (χ3v) is 3.45. The Morgan fingerprint density at radius 2 is 1.90 bits per heavy atom. The molecule has 0 fully saturated rings. The van der Waals surface area contributed by atoms with Crippen LogP contribution in [0.25, 0.3) is 0 Å². The predicted molar refractivity (Wildman–Crippen MR) is 79.5 cm³/mol. The van der Waals surface area contributed by atoms with Gasteiger partial charge in [-0.25, -0.2) is 0 Å². The lowest BCUT2D eigenvalue weighted by molar-refractivity contribution is -0.686. The van der Waals surface area contributed by atoms with Crippen LogP contribution in [0, 0.1) is 0 Å². The van der Waals surface area contributed by atoms with E-state index in [0.29, 0.717) is 13.4 Å². The van der Waals surface area contributed by atoms with Crippen molar-refractivity contribution in [2.75, 3.05) is 13.4 Å². The monoisotopic (exact) mass is 286 g/mol. The first kappa shape index (κ1) is 13.8. The van der Waals surface area contributed by atoms with E-state index >= 15 is 0 Å². The van der Waals surface area contributed by atoms with Crippen molar-refractivity contribution >= 4 is 0 Å². The number of hydrogen-bond acceptors (Lipinski definition) is 3. The molecule has 0 amide bonds. The van der Waals surface area contributed by atoms with Crippen LogP contribution in [0.1, 0.15) is 18.1 Å². The van der Waals surface area contributed by atoms with E-state index in [1.165, 1.54) is 11.1 Å². The molecule has 0 atom stereocenters. The molecule has 1 aliphatic heterocycles. The zero-order valence-electron chi connectivity index (χ0n) is 12.2. The van der Waals surface area contributed by atoms with Crippen molar-refractivity contribution in [3.63, 3.8) is 0 Å². The second kappa shape index (κ2) is 6.50. The van der Waals surface area contributed by atoms with Crippen LogP contribution >= 0.6 is 0 Å². The maximum Gasteiger partial charge on any atom is 0.231 e. The number of para-hydroxylation sites is 1. The van der Waals surface area contributed by atoms with Gasteiger partial charge in [0.05, 0.1) is 6.61 Å². The van der Waals surface area contributed by atoms with Gasteiger partial charge in [0.25, 0.3) is 0 Å². The van der Waals surface area contributed by atoms with Crippen molar-refractivity contribution in [1.82, 2.24) is 0 Å². The number of hydrogen-bond donors (Lipinski definition) is 1. The molecule has 4 heteroatoms. The Hall–Kier alpha value is -2.20. The molecule has 110 valence electrons. The van der Waals surface area contributed by atoms with Gasteiger partial charge in [-0.05, 0) is 37.3 Å². The first-order valence-electron chi connectivity index (χ1n) is 7.27. The molecule has 0 radical (unpaired) electrons. The lowest BCUT2D eigenvalue weighted by atomic mass is 10.1. The highest BCUT2D eigenvalue weighted by atomic mass is 16.7. The second-order valence-corrected chi connectivity index (χ2v) is 4.93. The normalized spacial score (nSPS) is 12.4. The van der Waals surface area contributed by atoms with Crippen LogP contribution in [-0.4, -0.2) is 13.4 Å². The van der Waals surface area contributed by atoms with Crippen LogP contribution in [0.4, 0.5) is 0 Å². The fourth-order valence-electron chi connectivity index (χ4n) is 2.43. The number of ether oxygens (including phenoxy) is 3. The molecule has 21 heavy (non-hydrogen) atoms. The van der Waals surface area contributed by atoms with E-state index in [9.17, 15) is 0 Å². The molecule has 0 unspecified atom stereocenters. The summed E-state index contributed by atoms with van der Waals surface area (Å²) in [7, 11) is 0. The van der Waals surface area contributed by atoms with E-state index in [0.717, 1.165) is 30.3 Å². The molecular weight excluding hydrogens is 266 g/mol. The van der Waals surface area contributed by atoms with Crippen LogP contribution in [-0.2, 0) is 13.1 Å². The molecule has 1 aliphatic rings. The average molecular weight is 286 g/mol. The van der Waals surface area contributed by atoms with Crippen molar-refractivity contribution in [3.8, 4) is 17.2 Å². The molecule has 0 bridgehead atoms. The van der Waals surface area contributed by atoms with Gasteiger partial charge in [0, 0.05) is 11.1 Å². The van der Waals surface area contributed by atoms with Gasteiger partial charge in [0.15, 0.2) is 11.5 Å². The Kier molecular flexibility index (Phi) is 4.26. The summed E-state index contributed by atoms with van der Waals surface area (Å²) in [6.07, 6.45) is 0. The first-order chi connectivity index (χ1) is 10.4. The van der Waals surface area contributed by atoms with Gasteiger partial charge in [-0.1, -0.05) is 12.1 Å². The standard InChI is InChI=1S/C17H19NO3/c1-2-19-15-6-4-3-5-14(15)11-18-10-13-7-8-16-17(9-13)21-12-20-16/h3-9,18H,2,10-12H2,1H3/p+1. The van der Waals surface area contributed by atoms with E-state index in [2.05, 4.69) is 17.4 Å². The van der Waals surface area contributed by atoms with Gasteiger partial charge in [-0.2, -0.15) is 0 Å². The van der Waals surface area contributed by atoms with Crippen molar-refractivity contribution in [3.05, 3.63) is 53.6 Å². The molecule has 4 nitrogen and oxygen atoms in total. The largest absolute Gasteiger partial charge is 0.493 e. The molecule has 1 heterocycles. The van der Waals surface area contributed by atoms with E-state index in [1.54, 1.807) is 0 Å². The minimum absolute atomic E-state index is 0.324. The maximum atomic E-state index is 5.64. The topological polar surface area (TPSA) is 44.3 Å². The molecule has 0 spiro atoms. The molecule has 0 saturated heterocycles. The fraction of sp³-hybridized carbons (Fsp3) is 0.294. The summed E-state index contributed by atoms with van der Waals surface area (Å²) in [6.45, 7) is 4.82. The lowest BCUT2D eigenvalue weighted by Crippen LogP contribution is -2.80. The third kappa shape index (κ3) is 3.28. The summed E-state index contributed by atoms with van der Waals surface area (Å²) in [6, 6.07) is 14.3. The van der Waals surface area contributed by atoms with Gasteiger partial charge in [0.1, 0.15) is 18.8 Å². The van der Waals surface area contributed by atoms with Crippen LogP contribution in [0.3, 0.4) is 0 Å². The van der Waals surface area contributed by atoms with Crippen molar-refractivity contribution in [2.24, 2.45) is 0 Å². The van der Waals surface area contributed by atoms with Gasteiger partial charge in [-0.15, -0.1) is 0 Å². The molecule has 3 rings (SSSR count). The minimum Gasteiger partial charge on any atom is -0.493 e. The third-order valence-electron chi connectivity index (χ3n) is 3.45. The summed E-state index contributed by atoms with van der Waals surface area (Å²) in [4.78, 5) is 0. The Bertz CT molecular complexity index is 613. The van der Waals surface area contributed by atoms with E-state index in [-0.39, 0.29) is 0 Å². The maximum absolute atomic E-state index is 5.64. The first-order valence-corrected chi connectivity index (χ1v) is 7.27. The van der Waals surface area contributed by atoms with Crippen LogP contribution in [0.2, 0.25) is 0 Å². The Labute approximate surface area is 124 Å². The lowest BCUT2D eigenvalue weighted by Gasteiger charge is -2.09. The van der Waals surface area contributed by atoms with Gasteiger partial charge < -0.3 is 19.5 Å². The van der Waals surface area contributed by atoms with Crippen molar-refractivity contribution < 1.29 is 19.5 Å². The quantitative estimate of drug-likeness (QED) is 0.884. The molecule has 2 aromatic rings. The van der Waals surface area contributed by atoms with E-state index < -0.39 is 0 Å². The van der Waals surface area contributed by atoms with Crippen LogP contribution in [0.15, 0.2) is 42.5 Å². The summed E-state index contributed by atoms with van der Waals surface area (Å²) < 4.78 is 16.4. The molecule has 2 aromatic carbocycles. The van der Waals surface area contributed by atoms with Crippen molar-refractivity contribution in [1.29, 1.82) is 0 Å². The molecular formula is C17H20NO3+. The van der Waals surface area contributed by atoms with E-state index in [1.807, 2.05) is 37.3 Å². The van der Waals surface area contributed by atoms with Crippen LogP contribution < -0.4 is 19.5 Å². The number of nitrogens with two attached hydrogens (primary N) is 1. The molecule has 0 aliphatic carbocycles. The summed E-state index contributed by atoms with van der Waals surface area (Å²) in [5.41, 5.74) is 2.45.